The molecule has 1 aromatic heterocycles. The second-order valence-corrected chi connectivity index (χ2v) is 10.8. The lowest BCUT2D eigenvalue weighted by atomic mass is 10.1. The third kappa shape index (κ3) is 3.53. The summed E-state index contributed by atoms with van der Waals surface area (Å²) in [7, 11) is -1.71. The lowest BCUT2D eigenvalue weighted by molar-refractivity contribution is 0.553. The number of hydrogen-bond donors (Lipinski definition) is 1. The molecule has 0 saturated carbocycles. The molecule has 1 aliphatic heterocycles. The Morgan fingerprint density at radius 3 is 2.32 bits per heavy atom. The fourth-order valence-electron chi connectivity index (χ4n) is 4.18. The van der Waals surface area contributed by atoms with E-state index in [1.54, 1.807) is 28.5 Å². The highest BCUT2D eigenvalue weighted by molar-refractivity contribution is 7.72. The molecule has 0 aliphatic carbocycles. The average Bonchev–Trinajstić information content (AvgIpc) is 3.17. The molecule has 172 valence electrons. The normalized spacial score (nSPS) is 17.3. The number of rotatable bonds is 4. The third-order valence-electron chi connectivity index (χ3n) is 6.23. The maximum Gasteiger partial charge on any atom is 0.296 e. The van der Waals surface area contributed by atoms with Crippen LogP contribution in [0.2, 0.25) is 0 Å². The van der Waals surface area contributed by atoms with Crippen molar-refractivity contribution in [1.82, 2.24) is 14.5 Å². The number of fused-ring (bicyclic) bond motifs is 1. The van der Waals surface area contributed by atoms with Crippen LogP contribution in [0, 0.1) is 26.6 Å². The third-order valence-corrected chi connectivity index (χ3v) is 8.94. The van der Waals surface area contributed by atoms with Gasteiger partial charge in [0.25, 0.3) is 7.44 Å². The summed E-state index contributed by atoms with van der Waals surface area (Å²) in [5, 5.41) is 8.65. The smallest absolute Gasteiger partial charge is 0.296 e. The van der Waals surface area contributed by atoms with Gasteiger partial charge in [-0.25, -0.2) is 14.1 Å². The van der Waals surface area contributed by atoms with E-state index >= 15 is 0 Å². The first-order valence-corrected chi connectivity index (χ1v) is 12.6. The Morgan fingerprint density at radius 1 is 0.912 bits per heavy atom. The van der Waals surface area contributed by atoms with Gasteiger partial charge in [-0.2, -0.15) is 5.10 Å². The topological polar surface area (TPSA) is 62.5 Å². The standard InChI is InChI=1S/C26H25FN5OP/c1-17-9-8-12-23(18(17)2)30-34(33)24-19(3)29-32(22-10-6-5-7-11-22)26(24)28-25(31(34)4)20-13-15-21(27)16-14-20/h5-16H,1-4H3,(H,30,33)/t34-/m1/s1. The Balaban J connectivity index is 1.76. The van der Waals surface area contributed by atoms with Crippen LogP contribution in [0.25, 0.3) is 5.69 Å². The first-order valence-electron chi connectivity index (χ1n) is 11.0. The molecule has 0 saturated heterocycles. The Labute approximate surface area is 198 Å². The van der Waals surface area contributed by atoms with Crippen LogP contribution in [0.4, 0.5) is 15.9 Å². The van der Waals surface area contributed by atoms with Crippen molar-refractivity contribution in [3.63, 3.8) is 0 Å². The van der Waals surface area contributed by atoms with Crippen molar-refractivity contribution in [3.8, 4) is 5.69 Å². The van der Waals surface area contributed by atoms with Crippen LogP contribution in [0.3, 0.4) is 0 Å². The van der Waals surface area contributed by atoms with Crippen molar-refractivity contribution < 1.29 is 8.96 Å². The maximum atomic E-state index is 14.9. The number of aromatic nitrogens is 2. The molecule has 0 unspecified atom stereocenters. The average molecular weight is 473 g/mol. The van der Waals surface area contributed by atoms with Gasteiger partial charge in [0.1, 0.15) is 17.0 Å². The predicted molar refractivity (Wildman–Crippen MR) is 135 cm³/mol. The summed E-state index contributed by atoms with van der Waals surface area (Å²) in [5.74, 6) is 0.637. The first kappa shape index (κ1) is 22.1. The predicted octanol–water partition coefficient (Wildman–Crippen LogP) is 5.89. The summed E-state index contributed by atoms with van der Waals surface area (Å²) < 4.78 is 32.0. The summed E-state index contributed by atoms with van der Waals surface area (Å²) in [6, 6.07) is 21.6. The number of anilines is 1. The SMILES string of the molecule is Cc1cccc(N[P@]2(=O)c3c(C)nn(-c4ccccc4)c3N=C(c3ccc(F)cc3)N2C)c1C. The van der Waals surface area contributed by atoms with Gasteiger partial charge >= 0.3 is 0 Å². The fourth-order valence-corrected chi connectivity index (χ4v) is 6.64. The van der Waals surface area contributed by atoms with Gasteiger partial charge in [-0.1, -0.05) is 30.3 Å². The maximum absolute atomic E-state index is 14.9. The van der Waals surface area contributed by atoms with Crippen LogP contribution in [-0.2, 0) is 4.57 Å². The molecule has 0 amide bonds. The molecular formula is C26H25FN5OP. The van der Waals surface area contributed by atoms with Crippen LogP contribution < -0.4 is 10.4 Å². The zero-order chi connectivity index (χ0) is 24.0. The molecule has 8 heteroatoms. The minimum Gasteiger partial charge on any atom is -0.316 e. The van der Waals surface area contributed by atoms with Crippen molar-refractivity contribution in [1.29, 1.82) is 0 Å². The number of nitrogens with zero attached hydrogens (tertiary/aromatic N) is 4. The summed E-state index contributed by atoms with van der Waals surface area (Å²) in [5.41, 5.74) is 5.02. The van der Waals surface area contributed by atoms with Crippen LogP contribution in [-0.4, -0.2) is 27.3 Å². The first-order chi connectivity index (χ1) is 16.3. The van der Waals surface area contributed by atoms with E-state index in [2.05, 4.69) is 5.09 Å². The Morgan fingerprint density at radius 2 is 1.62 bits per heavy atom. The summed E-state index contributed by atoms with van der Waals surface area (Å²) in [6.45, 7) is 5.88. The van der Waals surface area contributed by atoms with Crippen LogP contribution in [0.1, 0.15) is 22.4 Å². The quantitative estimate of drug-likeness (QED) is 0.376. The number of benzene rings is 3. The van der Waals surface area contributed by atoms with Crippen LogP contribution in [0.15, 0.2) is 77.8 Å². The van der Waals surface area contributed by atoms with Gasteiger partial charge in [0.05, 0.1) is 11.4 Å². The highest BCUT2D eigenvalue weighted by atomic mass is 31.2. The van der Waals surface area contributed by atoms with Gasteiger partial charge in [0.15, 0.2) is 5.82 Å². The molecule has 5 rings (SSSR count). The molecule has 2 heterocycles. The van der Waals surface area contributed by atoms with Gasteiger partial charge in [0, 0.05) is 18.3 Å². The molecule has 1 N–H and O–H groups in total. The van der Waals surface area contributed by atoms with Gasteiger partial charge in [-0.15, -0.1) is 0 Å². The molecule has 0 spiro atoms. The zero-order valence-corrected chi connectivity index (χ0v) is 20.3. The van der Waals surface area contributed by atoms with Crippen molar-refractivity contribution in [2.75, 3.05) is 12.1 Å². The molecule has 34 heavy (non-hydrogen) atoms. The van der Waals surface area contributed by atoms with Gasteiger partial charge < -0.3 is 5.09 Å². The van der Waals surface area contributed by atoms with Crippen molar-refractivity contribution in [3.05, 3.63) is 101 Å². The van der Waals surface area contributed by atoms with Gasteiger partial charge in [-0.05, 0) is 74.4 Å². The Kier molecular flexibility index (Phi) is 5.37. The molecule has 4 aromatic rings. The van der Waals surface area contributed by atoms with Gasteiger partial charge in [0.2, 0.25) is 0 Å². The second kappa shape index (κ2) is 8.26. The number of para-hydroxylation sites is 1. The molecule has 0 radical (unpaired) electrons. The zero-order valence-electron chi connectivity index (χ0n) is 19.5. The van der Waals surface area contributed by atoms with Crippen molar-refractivity contribution in [2.24, 2.45) is 4.99 Å². The van der Waals surface area contributed by atoms with E-state index < -0.39 is 7.44 Å². The lowest BCUT2D eigenvalue weighted by Crippen LogP contribution is -2.36. The van der Waals surface area contributed by atoms with E-state index in [1.807, 2.05) is 69.3 Å². The number of aryl methyl sites for hydroxylation is 2. The lowest BCUT2D eigenvalue weighted by Gasteiger charge is -2.35. The number of aliphatic imine (C=N–C) groups is 1. The monoisotopic (exact) mass is 473 g/mol. The van der Waals surface area contributed by atoms with E-state index in [1.165, 1.54) is 12.1 Å². The molecule has 6 nitrogen and oxygen atoms in total. The Hall–Kier alpha value is -3.70. The molecule has 0 bridgehead atoms. The van der Waals surface area contributed by atoms with E-state index in [0.29, 0.717) is 28.2 Å². The number of amidine groups is 1. The summed E-state index contributed by atoms with van der Waals surface area (Å²) >= 11 is 0. The van der Waals surface area contributed by atoms with Crippen molar-refractivity contribution >= 4 is 30.1 Å². The van der Waals surface area contributed by atoms with Crippen molar-refractivity contribution in [2.45, 2.75) is 20.8 Å². The van der Waals surface area contributed by atoms with E-state index in [9.17, 15) is 8.96 Å². The van der Waals surface area contributed by atoms with Gasteiger partial charge in [-0.3, -0.25) is 9.24 Å². The van der Waals surface area contributed by atoms with Crippen LogP contribution in [0.5, 0.6) is 0 Å². The minimum atomic E-state index is -3.46. The molecule has 1 atom stereocenters. The molecule has 1 aliphatic rings. The highest BCUT2D eigenvalue weighted by Gasteiger charge is 2.43. The highest BCUT2D eigenvalue weighted by Crippen LogP contribution is 2.54. The van der Waals surface area contributed by atoms with Crippen LogP contribution >= 0.6 is 7.44 Å². The van der Waals surface area contributed by atoms with E-state index in [-0.39, 0.29) is 5.82 Å². The Bertz CT molecular complexity index is 1460. The summed E-state index contributed by atoms with van der Waals surface area (Å²) in [6.07, 6.45) is 0. The molecule has 3 aromatic carbocycles. The molecular weight excluding hydrogens is 448 g/mol. The van der Waals surface area contributed by atoms with E-state index in [4.69, 9.17) is 10.1 Å². The number of nitrogens with one attached hydrogen (secondary N) is 1. The fraction of sp³-hybridized carbons (Fsp3) is 0.154. The molecule has 0 fully saturated rings. The second-order valence-electron chi connectivity index (χ2n) is 8.41. The number of hydrogen-bond acceptors (Lipinski definition) is 3. The number of halogens is 1. The minimum absolute atomic E-state index is 0.342. The largest absolute Gasteiger partial charge is 0.316 e. The summed E-state index contributed by atoms with van der Waals surface area (Å²) in [4.78, 5) is 4.91. The van der Waals surface area contributed by atoms with E-state index in [0.717, 1.165) is 22.5 Å².